The molecule has 2 aromatic heterocycles. The molecule has 2 fully saturated rings. The van der Waals surface area contributed by atoms with E-state index in [-0.39, 0.29) is 17.5 Å². The van der Waals surface area contributed by atoms with E-state index in [0.29, 0.717) is 36.3 Å². The van der Waals surface area contributed by atoms with Crippen molar-refractivity contribution in [2.75, 3.05) is 25.1 Å². The molecule has 4 rings (SSSR count). The fraction of sp³-hybridized carbons (Fsp3) is 0.542. The van der Waals surface area contributed by atoms with Crippen molar-refractivity contribution in [3.63, 3.8) is 0 Å². The van der Waals surface area contributed by atoms with Gasteiger partial charge in [-0.2, -0.15) is 0 Å². The standard InChI is InChI=1S/C24H30FN3O5/c1-13-19-16(14-6-7-14)10-17(22(30)32-5)21(29)28(19)12-18(25)20(13)27-9-8-15(11-27)26-23(31)33-24(2,3)4/h10,12,14-15H,6-9,11H2,1-5H3,(H,26,31). The van der Waals surface area contributed by atoms with Gasteiger partial charge in [0.2, 0.25) is 0 Å². The second kappa shape index (κ2) is 8.35. The molecule has 0 aromatic carbocycles. The average molecular weight is 460 g/mol. The van der Waals surface area contributed by atoms with Crippen LogP contribution in [-0.2, 0) is 9.47 Å². The van der Waals surface area contributed by atoms with E-state index in [1.165, 1.54) is 11.5 Å². The molecule has 1 saturated carbocycles. The van der Waals surface area contributed by atoms with Crippen LogP contribution in [0.15, 0.2) is 17.1 Å². The van der Waals surface area contributed by atoms with Crippen LogP contribution < -0.4 is 15.8 Å². The van der Waals surface area contributed by atoms with Crippen molar-refractivity contribution in [3.8, 4) is 0 Å². The van der Waals surface area contributed by atoms with Gasteiger partial charge >= 0.3 is 12.1 Å². The number of rotatable bonds is 4. The number of nitrogens with one attached hydrogen (secondary N) is 1. The lowest BCUT2D eigenvalue weighted by molar-refractivity contribution is 0.0508. The fourth-order valence-electron chi connectivity index (χ4n) is 4.55. The average Bonchev–Trinajstić information content (AvgIpc) is 3.47. The molecule has 1 aliphatic heterocycles. The van der Waals surface area contributed by atoms with Crippen LogP contribution in [0.3, 0.4) is 0 Å². The first-order valence-electron chi connectivity index (χ1n) is 11.2. The Bertz CT molecular complexity index is 1180. The summed E-state index contributed by atoms with van der Waals surface area (Å²) >= 11 is 0. The maximum Gasteiger partial charge on any atom is 0.407 e. The number of halogens is 1. The Morgan fingerprint density at radius 1 is 1.21 bits per heavy atom. The zero-order valence-corrected chi connectivity index (χ0v) is 19.7. The van der Waals surface area contributed by atoms with Crippen LogP contribution in [-0.4, -0.2) is 48.3 Å². The molecule has 0 radical (unpaired) electrons. The van der Waals surface area contributed by atoms with Gasteiger partial charge in [-0.1, -0.05) is 0 Å². The van der Waals surface area contributed by atoms with Crippen LogP contribution in [0.1, 0.15) is 67.4 Å². The summed E-state index contributed by atoms with van der Waals surface area (Å²) in [6.45, 7) is 8.17. The number of hydrogen-bond acceptors (Lipinski definition) is 6. The fourth-order valence-corrected chi connectivity index (χ4v) is 4.55. The molecule has 178 valence electrons. The topological polar surface area (TPSA) is 89.3 Å². The van der Waals surface area contributed by atoms with E-state index in [9.17, 15) is 14.4 Å². The number of methoxy groups -OCH3 is 1. The predicted octanol–water partition coefficient (Wildman–Crippen LogP) is 3.51. The number of carbonyl (C=O) groups excluding carboxylic acids is 2. The SMILES string of the molecule is COC(=O)c1cc(C2CC2)c2c(C)c(N3CCC(NC(=O)OC(C)(C)C)C3)c(F)cn2c1=O. The Balaban J connectivity index is 1.70. The van der Waals surface area contributed by atoms with Gasteiger partial charge in [-0.25, -0.2) is 14.0 Å². The summed E-state index contributed by atoms with van der Waals surface area (Å²) in [6, 6.07) is 1.42. The molecule has 33 heavy (non-hydrogen) atoms. The van der Waals surface area contributed by atoms with E-state index in [2.05, 4.69) is 5.32 Å². The highest BCUT2D eigenvalue weighted by Crippen LogP contribution is 2.44. The number of aryl methyl sites for hydroxylation is 1. The summed E-state index contributed by atoms with van der Waals surface area (Å²) in [5.41, 5.74) is 1.26. The molecule has 3 heterocycles. The third-order valence-corrected chi connectivity index (χ3v) is 6.09. The molecule has 0 spiro atoms. The lowest BCUT2D eigenvalue weighted by Gasteiger charge is -2.25. The minimum atomic E-state index is -0.728. The van der Waals surface area contributed by atoms with Gasteiger partial charge in [-0.3, -0.25) is 9.20 Å². The van der Waals surface area contributed by atoms with Gasteiger partial charge in [0.15, 0.2) is 5.82 Å². The minimum absolute atomic E-state index is 0.0914. The molecule has 1 saturated heterocycles. The molecule has 2 aliphatic rings. The summed E-state index contributed by atoms with van der Waals surface area (Å²) in [7, 11) is 1.22. The number of hydrogen-bond donors (Lipinski definition) is 1. The number of carbonyl (C=O) groups is 2. The summed E-state index contributed by atoms with van der Waals surface area (Å²) < 4.78 is 26.7. The molecule has 1 N–H and O–H groups in total. The molecule has 0 bridgehead atoms. The zero-order valence-electron chi connectivity index (χ0n) is 19.7. The number of fused-ring (bicyclic) bond motifs is 1. The van der Waals surface area contributed by atoms with Crippen molar-refractivity contribution < 1.29 is 23.5 Å². The number of anilines is 1. The van der Waals surface area contributed by atoms with Crippen molar-refractivity contribution in [3.05, 3.63) is 45.1 Å². The normalized spacial score (nSPS) is 18.5. The Kier molecular flexibility index (Phi) is 5.84. The van der Waals surface area contributed by atoms with Crippen LogP contribution in [0, 0.1) is 12.7 Å². The third-order valence-electron chi connectivity index (χ3n) is 6.09. The van der Waals surface area contributed by atoms with Gasteiger partial charge in [0, 0.05) is 13.1 Å². The van der Waals surface area contributed by atoms with E-state index in [4.69, 9.17) is 9.47 Å². The van der Waals surface area contributed by atoms with Crippen LogP contribution in [0.2, 0.25) is 0 Å². The lowest BCUT2D eigenvalue weighted by atomic mass is 10.0. The summed E-state index contributed by atoms with van der Waals surface area (Å²) in [5.74, 6) is -1.06. The molecule has 1 unspecified atom stereocenters. The van der Waals surface area contributed by atoms with Crippen molar-refractivity contribution in [1.82, 2.24) is 9.72 Å². The second-order valence-electron chi connectivity index (χ2n) is 9.83. The number of nitrogens with zero attached hydrogens (tertiary/aromatic N) is 2. The van der Waals surface area contributed by atoms with E-state index in [0.717, 1.165) is 24.6 Å². The number of alkyl carbamates (subject to hydrolysis) is 1. The number of amides is 1. The van der Waals surface area contributed by atoms with Crippen molar-refractivity contribution in [1.29, 1.82) is 0 Å². The van der Waals surface area contributed by atoms with Crippen LogP contribution in [0.25, 0.3) is 5.52 Å². The van der Waals surface area contributed by atoms with Gasteiger partial charge < -0.3 is 19.7 Å². The van der Waals surface area contributed by atoms with Gasteiger partial charge in [-0.15, -0.1) is 0 Å². The monoisotopic (exact) mass is 459 g/mol. The predicted molar refractivity (Wildman–Crippen MR) is 122 cm³/mol. The molecule has 1 atom stereocenters. The summed E-state index contributed by atoms with van der Waals surface area (Å²) in [4.78, 5) is 39.1. The molecule has 1 amide bonds. The molecule has 9 heteroatoms. The highest BCUT2D eigenvalue weighted by Gasteiger charge is 2.33. The maximum absolute atomic E-state index is 15.4. The lowest BCUT2D eigenvalue weighted by Crippen LogP contribution is -2.40. The molecule has 1 aliphatic carbocycles. The Hall–Kier alpha value is -3.10. The van der Waals surface area contributed by atoms with Gasteiger partial charge in [-0.05, 0) is 70.1 Å². The summed E-state index contributed by atoms with van der Waals surface area (Å²) in [6.07, 6.45) is 3.21. The Morgan fingerprint density at radius 3 is 2.52 bits per heavy atom. The van der Waals surface area contributed by atoms with E-state index in [1.807, 2.05) is 4.90 Å². The smallest absolute Gasteiger partial charge is 0.407 e. The highest BCUT2D eigenvalue weighted by molar-refractivity contribution is 5.90. The Morgan fingerprint density at radius 2 is 1.91 bits per heavy atom. The van der Waals surface area contributed by atoms with Crippen LogP contribution in [0.4, 0.5) is 14.9 Å². The van der Waals surface area contributed by atoms with E-state index < -0.39 is 29.0 Å². The van der Waals surface area contributed by atoms with Crippen LogP contribution >= 0.6 is 0 Å². The quantitative estimate of drug-likeness (QED) is 0.704. The van der Waals surface area contributed by atoms with Gasteiger partial charge in [0.05, 0.1) is 30.6 Å². The zero-order chi connectivity index (χ0) is 24.1. The number of esters is 1. The molecule has 2 aromatic rings. The first kappa shape index (κ1) is 23.1. The number of pyridine rings is 2. The number of aromatic nitrogens is 1. The van der Waals surface area contributed by atoms with E-state index in [1.54, 1.807) is 33.8 Å². The molecular weight excluding hydrogens is 429 g/mol. The Labute approximate surface area is 191 Å². The van der Waals surface area contributed by atoms with Crippen molar-refractivity contribution >= 4 is 23.3 Å². The van der Waals surface area contributed by atoms with Crippen molar-refractivity contribution in [2.45, 2.75) is 64.5 Å². The minimum Gasteiger partial charge on any atom is -0.465 e. The highest BCUT2D eigenvalue weighted by atomic mass is 19.1. The van der Waals surface area contributed by atoms with E-state index >= 15 is 4.39 Å². The molecule has 8 nitrogen and oxygen atoms in total. The van der Waals surface area contributed by atoms with Crippen LogP contribution in [0.5, 0.6) is 0 Å². The first-order valence-corrected chi connectivity index (χ1v) is 11.2. The van der Waals surface area contributed by atoms with Gasteiger partial charge in [0.1, 0.15) is 11.2 Å². The first-order chi connectivity index (χ1) is 15.5. The largest absolute Gasteiger partial charge is 0.465 e. The second-order valence-corrected chi connectivity index (χ2v) is 9.83. The van der Waals surface area contributed by atoms with Crippen molar-refractivity contribution in [2.24, 2.45) is 0 Å². The van der Waals surface area contributed by atoms with Gasteiger partial charge in [0.25, 0.3) is 5.56 Å². The maximum atomic E-state index is 15.4. The molecular formula is C24H30FN3O5. The number of ether oxygens (including phenoxy) is 2. The third kappa shape index (κ3) is 4.54. The summed E-state index contributed by atoms with van der Waals surface area (Å²) in [5, 5.41) is 2.85.